The minimum absolute atomic E-state index is 0.0810. The van der Waals surface area contributed by atoms with Gasteiger partial charge in [-0.1, -0.05) is 6.92 Å². The molecule has 3 unspecified atom stereocenters. The number of amides is 2. The van der Waals surface area contributed by atoms with Gasteiger partial charge in [0, 0.05) is 18.9 Å². The molecule has 2 aliphatic carbocycles. The molecular formula is C18H28N2O3. The average molecular weight is 320 g/mol. The first-order chi connectivity index (χ1) is 11.0. The zero-order valence-corrected chi connectivity index (χ0v) is 14.1. The minimum Gasteiger partial charge on any atom is -0.371 e. The van der Waals surface area contributed by atoms with Gasteiger partial charge in [-0.2, -0.15) is 0 Å². The highest BCUT2D eigenvalue weighted by atomic mass is 16.5. The molecule has 2 amide bonds. The van der Waals surface area contributed by atoms with Gasteiger partial charge in [-0.25, -0.2) is 0 Å². The zero-order valence-electron chi connectivity index (χ0n) is 14.1. The van der Waals surface area contributed by atoms with Crippen LogP contribution in [0.2, 0.25) is 0 Å². The molecule has 1 spiro atoms. The van der Waals surface area contributed by atoms with Gasteiger partial charge in [0.05, 0.1) is 19.7 Å². The average Bonchev–Trinajstić information content (AvgIpc) is 3.41. The summed E-state index contributed by atoms with van der Waals surface area (Å²) in [6.45, 7) is 5.15. The predicted molar refractivity (Wildman–Crippen MR) is 85.6 cm³/mol. The molecule has 5 nitrogen and oxygen atoms in total. The van der Waals surface area contributed by atoms with Crippen molar-refractivity contribution in [1.29, 1.82) is 0 Å². The van der Waals surface area contributed by atoms with Gasteiger partial charge in [-0.15, -0.1) is 0 Å². The van der Waals surface area contributed by atoms with Crippen LogP contribution in [0.4, 0.5) is 0 Å². The van der Waals surface area contributed by atoms with E-state index in [0.717, 1.165) is 38.9 Å². The largest absolute Gasteiger partial charge is 0.371 e. The molecule has 0 aromatic rings. The molecule has 128 valence electrons. The van der Waals surface area contributed by atoms with Crippen LogP contribution in [-0.4, -0.2) is 48.6 Å². The Morgan fingerprint density at radius 1 is 1.22 bits per heavy atom. The Kier molecular flexibility index (Phi) is 3.87. The molecular weight excluding hydrogens is 292 g/mol. The molecule has 4 fully saturated rings. The summed E-state index contributed by atoms with van der Waals surface area (Å²) in [7, 11) is 0. The number of likely N-dealkylation sites (tertiary alicyclic amines) is 1. The lowest BCUT2D eigenvalue weighted by molar-refractivity contribution is -0.189. The van der Waals surface area contributed by atoms with Crippen LogP contribution in [0.25, 0.3) is 0 Å². The first kappa shape index (κ1) is 15.4. The van der Waals surface area contributed by atoms with E-state index in [-0.39, 0.29) is 17.4 Å². The van der Waals surface area contributed by atoms with Crippen molar-refractivity contribution in [2.24, 2.45) is 23.7 Å². The van der Waals surface area contributed by atoms with Crippen LogP contribution >= 0.6 is 0 Å². The molecule has 23 heavy (non-hydrogen) atoms. The van der Waals surface area contributed by atoms with Crippen LogP contribution < -0.4 is 5.32 Å². The van der Waals surface area contributed by atoms with Crippen molar-refractivity contribution >= 4 is 11.8 Å². The lowest BCUT2D eigenvalue weighted by atomic mass is 9.82. The molecule has 2 saturated heterocycles. The first-order valence-corrected chi connectivity index (χ1v) is 9.24. The Balaban J connectivity index is 1.15. The third-order valence-corrected chi connectivity index (χ3v) is 6.09. The fraction of sp³-hybridized carbons (Fsp3) is 0.889. The van der Waals surface area contributed by atoms with E-state index >= 15 is 0 Å². The third kappa shape index (κ3) is 3.39. The van der Waals surface area contributed by atoms with Crippen molar-refractivity contribution in [3.05, 3.63) is 0 Å². The van der Waals surface area contributed by atoms with Gasteiger partial charge in [0.1, 0.15) is 5.60 Å². The van der Waals surface area contributed by atoms with Crippen LogP contribution in [0.15, 0.2) is 0 Å². The normalized spacial score (nSPS) is 34.8. The number of carbonyl (C=O) groups is 2. The summed E-state index contributed by atoms with van der Waals surface area (Å²) < 4.78 is 6.10. The molecule has 0 radical (unpaired) electrons. The second-order valence-electron chi connectivity index (χ2n) is 8.36. The summed E-state index contributed by atoms with van der Waals surface area (Å²) in [5, 5.41) is 3.06. The molecule has 3 atom stereocenters. The standard InChI is InChI=1S/C18H28N2O3/c1-12-6-15(12)17(22)20-10-18(11-20)5-4-14(9-23-18)8-19-16(21)7-13-2-3-13/h12-15H,2-11H2,1H3,(H,19,21). The molecule has 2 heterocycles. The van der Waals surface area contributed by atoms with E-state index in [1.807, 2.05) is 4.90 Å². The maximum absolute atomic E-state index is 12.2. The van der Waals surface area contributed by atoms with Crippen molar-refractivity contribution in [3.63, 3.8) is 0 Å². The van der Waals surface area contributed by atoms with Crippen molar-refractivity contribution in [2.45, 2.75) is 51.0 Å². The number of nitrogens with zero attached hydrogens (tertiary/aromatic N) is 1. The fourth-order valence-corrected chi connectivity index (χ4v) is 3.95. The second-order valence-corrected chi connectivity index (χ2v) is 8.36. The number of carbonyl (C=O) groups excluding carboxylic acids is 2. The molecule has 2 saturated carbocycles. The highest BCUT2D eigenvalue weighted by Gasteiger charge is 2.52. The third-order valence-electron chi connectivity index (χ3n) is 6.09. The summed E-state index contributed by atoms with van der Waals surface area (Å²) in [6.07, 6.45) is 6.31. The highest BCUT2D eigenvalue weighted by molar-refractivity contribution is 5.82. The van der Waals surface area contributed by atoms with E-state index in [1.54, 1.807) is 0 Å². The summed E-state index contributed by atoms with van der Waals surface area (Å²) in [5.74, 6) is 2.47. The molecule has 0 aromatic carbocycles. The Labute approximate surface area is 138 Å². The number of hydrogen-bond donors (Lipinski definition) is 1. The van der Waals surface area contributed by atoms with Crippen LogP contribution in [0.5, 0.6) is 0 Å². The molecule has 4 rings (SSSR count). The summed E-state index contributed by atoms with van der Waals surface area (Å²) in [5.41, 5.74) is -0.0810. The molecule has 0 bridgehead atoms. The summed E-state index contributed by atoms with van der Waals surface area (Å²) in [6, 6.07) is 0. The van der Waals surface area contributed by atoms with Crippen LogP contribution in [-0.2, 0) is 14.3 Å². The number of rotatable bonds is 5. The first-order valence-electron chi connectivity index (χ1n) is 9.24. The lowest BCUT2D eigenvalue weighted by Gasteiger charge is -2.53. The smallest absolute Gasteiger partial charge is 0.226 e. The van der Waals surface area contributed by atoms with Crippen molar-refractivity contribution in [2.75, 3.05) is 26.2 Å². The zero-order chi connectivity index (χ0) is 16.0. The van der Waals surface area contributed by atoms with Gasteiger partial charge < -0.3 is 15.0 Å². The van der Waals surface area contributed by atoms with Crippen molar-refractivity contribution < 1.29 is 14.3 Å². The topological polar surface area (TPSA) is 58.6 Å². The van der Waals surface area contributed by atoms with Crippen LogP contribution in [0.3, 0.4) is 0 Å². The van der Waals surface area contributed by atoms with Gasteiger partial charge in [-0.3, -0.25) is 9.59 Å². The van der Waals surface area contributed by atoms with E-state index < -0.39 is 0 Å². The van der Waals surface area contributed by atoms with E-state index in [0.29, 0.717) is 36.7 Å². The van der Waals surface area contributed by atoms with Crippen LogP contribution in [0.1, 0.15) is 45.4 Å². The van der Waals surface area contributed by atoms with Crippen LogP contribution in [0, 0.1) is 23.7 Å². The van der Waals surface area contributed by atoms with Gasteiger partial charge in [0.2, 0.25) is 11.8 Å². The molecule has 4 aliphatic rings. The van der Waals surface area contributed by atoms with Gasteiger partial charge in [-0.05, 0) is 49.9 Å². The SMILES string of the molecule is CC1CC1C(=O)N1CC2(CCC(CNC(=O)CC3CC3)CO2)C1. The fourth-order valence-electron chi connectivity index (χ4n) is 3.95. The Morgan fingerprint density at radius 2 is 1.96 bits per heavy atom. The van der Waals surface area contributed by atoms with Gasteiger partial charge in [0.15, 0.2) is 0 Å². The Bertz CT molecular complexity index is 486. The van der Waals surface area contributed by atoms with E-state index in [9.17, 15) is 9.59 Å². The highest BCUT2D eigenvalue weighted by Crippen LogP contribution is 2.43. The maximum Gasteiger partial charge on any atom is 0.226 e. The molecule has 1 N–H and O–H groups in total. The molecule has 2 aliphatic heterocycles. The van der Waals surface area contributed by atoms with Crippen molar-refractivity contribution in [1.82, 2.24) is 10.2 Å². The lowest BCUT2D eigenvalue weighted by Crippen LogP contribution is -2.66. The summed E-state index contributed by atoms with van der Waals surface area (Å²) >= 11 is 0. The number of hydrogen-bond acceptors (Lipinski definition) is 3. The molecule has 5 heteroatoms. The minimum atomic E-state index is -0.0810. The van der Waals surface area contributed by atoms with Gasteiger partial charge >= 0.3 is 0 Å². The number of ether oxygens (including phenoxy) is 1. The summed E-state index contributed by atoms with van der Waals surface area (Å²) in [4.78, 5) is 25.9. The van der Waals surface area contributed by atoms with E-state index in [1.165, 1.54) is 12.8 Å². The second kappa shape index (κ2) is 5.76. The maximum atomic E-state index is 12.2. The number of nitrogens with one attached hydrogen (secondary N) is 1. The quantitative estimate of drug-likeness (QED) is 0.836. The predicted octanol–water partition coefficient (Wildman–Crippen LogP) is 1.57. The van der Waals surface area contributed by atoms with E-state index in [4.69, 9.17) is 4.74 Å². The Hall–Kier alpha value is -1.10. The van der Waals surface area contributed by atoms with Crippen molar-refractivity contribution in [3.8, 4) is 0 Å². The Morgan fingerprint density at radius 3 is 2.52 bits per heavy atom. The molecule has 0 aromatic heterocycles. The van der Waals surface area contributed by atoms with Gasteiger partial charge in [0.25, 0.3) is 0 Å². The monoisotopic (exact) mass is 320 g/mol. The van der Waals surface area contributed by atoms with E-state index in [2.05, 4.69) is 12.2 Å².